The number of aromatic nitrogens is 3. The van der Waals surface area contributed by atoms with E-state index in [-0.39, 0.29) is 11.1 Å². The monoisotopic (exact) mass is 437 g/mol. The zero-order valence-electron chi connectivity index (χ0n) is 16.3. The van der Waals surface area contributed by atoms with Crippen LogP contribution in [0.1, 0.15) is 18.3 Å². The van der Waals surface area contributed by atoms with Crippen LogP contribution in [0.15, 0.2) is 36.5 Å². The third-order valence-electron chi connectivity index (χ3n) is 4.84. The SMILES string of the molecule is Cc1cc(-c2nc(-c3ccc(OC(F)(F)F)c(Cl)c3)n3c2CCO[C@H](C)C3)ccn1. The number of hydrogen-bond donors (Lipinski definition) is 0. The van der Waals surface area contributed by atoms with Gasteiger partial charge in [-0.15, -0.1) is 13.2 Å². The lowest BCUT2D eigenvalue weighted by atomic mass is 10.1. The Kier molecular flexibility index (Phi) is 5.46. The minimum atomic E-state index is -4.81. The quantitative estimate of drug-likeness (QED) is 0.548. The van der Waals surface area contributed by atoms with E-state index in [1.807, 2.05) is 26.0 Å². The number of alkyl halides is 3. The molecule has 0 spiro atoms. The number of imidazole rings is 1. The minimum Gasteiger partial charge on any atom is -0.404 e. The Labute approximate surface area is 176 Å². The van der Waals surface area contributed by atoms with Gasteiger partial charge in [-0.1, -0.05) is 11.6 Å². The summed E-state index contributed by atoms with van der Waals surface area (Å²) in [5.74, 6) is 0.171. The van der Waals surface area contributed by atoms with Gasteiger partial charge in [0.1, 0.15) is 11.6 Å². The van der Waals surface area contributed by atoms with Crippen LogP contribution in [0.25, 0.3) is 22.6 Å². The van der Waals surface area contributed by atoms with Gasteiger partial charge in [0.05, 0.1) is 30.0 Å². The van der Waals surface area contributed by atoms with E-state index >= 15 is 0 Å². The smallest absolute Gasteiger partial charge is 0.404 e. The topological polar surface area (TPSA) is 49.2 Å². The number of rotatable bonds is 3. The van der Waals surface area contributed by atoms with E-state index in [0.29, 0.717) is 31.0 Å². The van der Waals surface area contributed by atoms with E-state index in [9.17, 15) is 13.2 Å². The van der Waals surface area contributed by atoms with Crippen molar-refractivity contribution in [1.82, 2.24) is 14.5 Å². The van der Waals surface area contributed by atoms with Crippen molar-refractivity contribution in [1.29, 1.82) is 0 Å². The van der Waals surface area contributed by atoms with Crippen LogP contribution in [-0.2, 0) is 17.7 Å². The van der Waals surface area contributed by atoms with Crippen molar-refractivity contribution in [3.8, 4) is 28.4 Å². The number of ether oxygens (including phenoxy) is 2. The van der Waals surface area contributed by atoms with Crippen molar-refractivity contribution in [2.45, 2.75) is 39.3 Å². The molecule has 30 heavy (non-hydrogen) atoms. The van der Waals surface area contributed by atoms with Crippen LogP contribution < -0.4 is 4.74 Å². The van der Waals surface area contributed by atoms with Crippen LogP contribution in [-0.4, -0.2) is 33.6 Å². The molecule has 0 saturated heterocycles. The van der Waals surface area contributed by atoms with Crippen molar-refractivity contribution in [2.75, 3.05) is 6.61 Å². The summed E-state index contributed by atoms with van der Waals surface area (Å²) in [6.45, 7) is 5.01. The number of aryl methyl sites for hydroxylation is 1. The molecule has 0 unspecified atom stereocenters. The van der Waals surface area contributed by atoms with Gasteiger partial charge in [0.2, 0.25) is 0 Å². The highest BCUT2D eigenvalue weighted by Gasteiger charge is 2.32. The Bertz CT molecular complexity index is 1080. The second-order valence-corrected chi connectivity index (χ2v) is 7.56. The van der Waals surface area contributed by atoms with Gasteiger partial charge in [0.25, 0.3) is 0 Å². The first-order valence-electron chi connectivity index (χ1n) is 9.41. The zero-order chi connectivity index (χ0) is 21.5. The molecule has 5 nitrogen and oxygen atoms in total. The van der Waals surface area contributed by atoms with Crippen molar-refractivity contribution in [2.24, 2.45) is 0 Å². The second-order valence-electron chi connectivity index (χ2n) is 7.15. The average Bonchev–Trinajstić information content (AvgIpc) is 2.89. The van der Waals surface area contributed by atoms with E-state index in [2.05, 4.69) is 14.3 Å². The molecule has 1 aromatic carbocycles. The molecular formula is C21H19ClF3N3O2. The Morgan fingerprint density at radius 2 is 2.00 bits per heavy atom. The lowest BCUT2D eigenvalue weighted by molar-refractivity contribution is -0.274. The lowest BCUT2D eigenvalue weighted by Gasteiger charge is -2.14. The molecule has 9 heteroatoms. The number of hydrogen-bond acceptors (Lipinski definition) is 4. The van der Waals surface area contributed by atoms with Crippen LogP contribution in [0.2, 0.25) is 5.02 Å². The maximum absolute atomic E-state index is 12.6. The molecule has 0 fully saturated rings. The van der Waals surface area contributed by atoms with E-state index in [1.165, 1.54) is 18.2 Å². The fraction of sp³-hybridized carbons (Fsp3) is 0.333. The highest BCUT2D eigenvalue weighted by atomic mass is 35.5. The summed E-state index contributed by atoms with van der Waals surface area (Å²) in [5, 5.41) is -0.138. The van der Waals surface area contributed by atoms with Crippen LogP contribution >= 0.6 is 11.6 Å². The number of nitrogens with zero attached hydrogens (tertiary/aromatic N) is 3. The Hall–Kier alpha value is -2.58. The number of pyridine rings is 1. The number of fused-ring (bicyclic) bond motifs is 1. The van der Waals surface area contributed by atoms with Crippen molar-refractivity contribution < 1.29 is 22.6 Å². The van der Waals surface area contributed by atoms with E-state index in [1.54, 1.807) is 6.20 Å². The molecule has 3 aromatic rings. The summed E-state index contributed by atoms with van der Waals surface area (Å²) in [7, 11) is 0. The fourth-order valence-electron chi connectivity index (χ4n) is 3.59. The lowest BCUT2D eigenvalue weighted by Crippen LogP contribution is -2.17. The molecule has 0 aliphatic carbocycles. The molecule has 0 radical (unpaired) electrons. The predicted octanol–water partition coefficient (Wildman–Crippen LogP) is 5.43. The van der Waals surface area contributed by atoms with Gasteiger partial charge in [-0.05, 0) is 44.2 Å². The molecule has 1 aliphatic rings. The highest BCUT2D eigenvalue weighted by molar-refractivity contribution is 6.32. The van der Waals surface area contributed by atoms with Crippen molar-refractivity contribution in [3.05, 3.63) is 52.9 Å². The summed E-state index contributed by atoms with van der Waals surface area (Å²) in [6, 6.07) is 8.02. The van der Waals surface area contributed by atoms with Gasteiger partial charge in [-0.3, -0.25) is 4.98 Å². The first kappa shape index (κ1) is 20.7. The van der Waals surface area contributed by atoms with Crippen LogP contribution in [0.4, 0.5) is 13.2 Å². The summed E-state index contributed by atoms with van der Waals surface area (Å²) in [6.07, 6.45) is -2.45. The van der Waals surface area contributed by atoms with Crippen molar-refractivity contribution >= 4 is 11.6 Å². The molecule has 158 valence electrons. The fourth-order valence-corrected chi connectivity index (χ4v) is 3.81. The predicted molar refractivity (Wildman–Crippen MR) is 106 cm³/mol. The third kappa shape index (κ3) is 4.29. The Morgan fingerprint density at radius 3 is 2.70 bits per heavy atom. The third-order valence-corrected chi connectivity index (χ3v) is 5.13. The number of halogens is 4. The number of benzene rings is 1. The summed E-state index contributed by atoms with van der Waals surface area (Å²) >= 11 is 6.08. The van der Waals surface area contributed by atoms with E-state index in [0.717, 1.165) is 22.6 Å². The maximum Gasteiger partial charge on any atom is 0.573 e. The summed E-state index contributed by atoms with van der Waals surface area (Å²) < 4.78 is 49.5. The van der Waals surface area contributed by atoms with E-state index in [4.69, 9.17) is 21.3 Å². The average molecular weight is 438 g/mol. The molecule has 0 amide bonds. The highest BCUT2D eigenvalue weighted by Crippen LogP contribution is 2.36. The van der Waals surface area contributed by atoms with Crippen LogP contribution in [0, 0.1) is 6.92 Å². The summed E-state index contributed by atoms with van der Waals surface area (Å²) in [4.78, 5) is 9.09. The zero-order valence-corrected chi connectivity index (χ0v) is 17.1. The van der Waals surface area contributed by atoms with Gasteiger partial charge < -0.3 is 14.0 Å². The van der Waals surface area contributed by atoms with E-state index < -0.39 is 12.1 Å². The normalized spacial score (nSPS) is 16.8. The first-order valence-corrected chi connectivity index (χ1v) is 9.79. The molecule has 1 aliphatic heterocycles. The maximum atomic E-state index is 12.6. The first-order chi connectivity index (χ1) is 14.2. The van der Waals surface area contributed by atoms with Gasteiger partial charge in [0.15, 0.2) is 0 Å². The summed E-state index contributed by atoms with van der Waals surface area (Å²) in [5.41, 5.74) is 4.20. The van der Waals surface area contributed by atoms with Crippen LogP contribution in [0.5, 0.6) is 5.75 Å². The van der Waals surface area contributed by atoms with Gasteiger partial charge in [0, 0.05) is 35.1 Å². The molecule has 0 saturated carbocycles. The largest absolute Gasteiger partial charge is 0.573 e. The van der Waals surface area contributed by atoms with Gasteiger partial charge in [-0.25, -0.2) is 4.98 Å². The Morgan fingerprint density at radius 1 is 1.20 bits per heavy atom. The minimum absolute atomic E-state index is 0.0328. The molecular weight excluding hydrogens is 419 g/mol. The second kappa shape index (κ2) is 7.92. The molecule has 2 aromatic heterocycles. The molecule has 0 N–H and O–H groups in total. The van der Waals surface area contributed by atoms with Gasteiger partial charge in [-0.2, -0.15) is 0 Å². The standard InChI is InChI=1S/C21H19ClF3N3O2/c1-12-9-14(5-7-26-12)19-17-6-8-29-13(2)11-28(17)20(27-19)15-3-4-18(16(22)10-15)30-21(23,24)25/h3-5,7,9-10,13H,6,8,11H2,1-2H3/t13-/m1/s1. The molecule has 4 rings (SSSR count). The molecule has 0 bridgehead atoms. The van der Waals surface area contributed by atoms with Crippen LogP contribution in [0.3, 0.4) is 0 Å². The molecule has 1 atom stereocenters. The Balaban J connectivity index is 1.83. The van der Waals surface area contributed by atoms with Crippen molar-refractivity contribution in [3.63, 3.8) is 0 Å². The van der Waals surface area contributed by atoms with Gasteiger partial charge >= 0.3 is 6.36 Å². The molecule has 3 heterocycles.